The Morgan fingerprint density at radius 1 is 1.23 bits per heavy atom. The van der Waals surface area contributed by atoms with Crippen LogP contribution in [0.4, 0.5) is 10.1 Å². The number of carboxylic acid groups (broad SMARTS) is 1. The smallest absolute Gasteiger partial charge is 0.335 e. The second-order valence-electron chi connectivity index (χ2n) is 5.08. The first kappa shape index (κ1) is 14.0. The van der Waals surface area contributed by atoms with Gasteiger partial charge < -0.3 is 5.11 Å². The number of carbonyl (C=O) groups is 1. The Balaban J connectivity index is 2.19. The fourth-order valence-electron chi connectivity index (χ4n) is 2.73. The highest BCUT2D eigenvalue weighted by Crippen LogP contribution is 2.35. The number of halogens is 1. The third-order valence-electron chi connectivity index (χ3n) is 3.80. The molecule has 0 unspecified atom stereocenters. The molecule has 2 aromatic rings. The average molecular weight is 293 g/mol. The molecular formula is C18H12FNO2. The molecule has 1 N–H and O–H groups in total. The summed E-state index contributed by atoms with van der Waals surface area (Å²) in [6, 6.07) is 9.62. The zero-order valence-electron chi connectivity index (χ0n) is 11.6. The summed E-state index contributed by atoms with van der Waals surface area (Å²) in [6.07, 6.45) is 3.46. The minimum Gasteiger partial charge on any atom is -0.478 e. The van der Waals surface area contributed by atoms with Crippen LogP contribution in [0.5, 0.6) is 0 Å². The van der Waals surface area contributed by atoms with Crippen molar-refractivity contribution in [2.75, 3.05) is 0 Å². The van der Waals surface area contributed by atoms with E-state index in [1.165, 1.54) is 6.07 Å². The molecule has 22 heavy (non-hydrogen) atoms. The van der Waals surface area contributed by atoms with Crippen LogP contribution in [-0.2, 0) is 6.42 Å². The number of hydrogen-bond donors (Lipinski definition) is 1. The van der Waals surface area contributed by atoms with Crippen molar-refractivity contribution in [2.24, 2.45) is 0 Å². The van der Waals surface area contributed by atoms with Gasteiger partial charge in [-0.3, -0.25) is 0 Å². The highest BCUT2D eigenvalue weighted by molar-refractivity contribution is 5.91. The molecule has 3 rings (SSSR count). The molecule has 0 saturated heterocycles. The fraction of sp³-hybridized carbons (Fsp3) is 0.111. The molecule has 0 saturated carbocycles. The second kappa shape index (κ2) is 5.45. The van der Waals surface area contributed by atoms with Gasteiger partial charge in [0.15, 0.2) is 0 Å². The summed E-state index contributed by atoms with van der Waals surface area (Å²) in [4.78, 5) is 14.3. The van der Waals surface area contributed by atoms with E-state index in [1.807, 2.05) is 6.08 Å². The van der Waals surface area contributed by atoms with Crippen molar-refractivity contribution in [2.45, 2.75) is 12.8 Å². The number of allylic oxidation sites excluding steroid dienone is 1. The van der Waals surface area contributed by atoms with Gasteiger partial charge >= 0.3 is 5.97 Å². The molecule has 0 radical (unpaired) electrons. The monoisotopic (exact) mass is 293 g/mol. The van der Waals surface area contributed by atoms with Gasteiger partial charge in [-0.1, -0.05) is 30.3 Å². The Kier molecular flexibility index (Phi) is 3.48. The lowest BCUT2D eigenvalue weighted by atomic mass is 9.85. The third kappa shape index (κ3) is 2.27. The molecule has 1 aliphatic rings. The van der Waals surface area contributed by atoms with Crippen LogP contribution < -0.4 is 0 Å². The van der Waals surface area contributed by atoms with E-state index in [2.05, 4.69) is 4.85 Å². The number of aromatic carboxylic acids is 1. The van der Waals surface area contributed by atoms with E-state index in [0.717, 1.165) is 24.0 Å². The number of rotatable bonds is 2. The summed E-state index contributed by atoms with van der Waals surface area (Å²) in [5.74, 6) is -1.57. The number of nitrogens with zero attached hydrogens (tertiary/aromatic N) is 1. The predicted octanol–water partition coefficient (Wildman–Crippen LogP) is 4.45. The van der Waals surface area contributed by atoms with Crippen molar-refractivity contribution in [3.8, 4) is 0 Å². The lowest BCUT2D eigenvalue weighted by molar-refractivity contribution is 0.0697. The number of hydrogen-bond acceptors (Lipinski definition) is 1. The van der Waals surface area contributed by atoms with E-state index in [4.69, 9.17) is 11.7 Å². The van der Waals surface area contributed by atoms with Crippen molar-refractivity contribution >= 4 is 17.2 Å². The van der Waals surface area contributed by atoms with Crippen LogP contribution in [0.2, 0.25) is 0 Å². The van der Waals surface area contributed by atoms with Crippen LogP contribution in [0.15, 0.2) is 42.5 Å². The number of benzene rings is 2. The fourth-order valence-corrected chi connectivity index (χ4v) is 2.73. The summed E-state index contributed by atoms with van der Waals surface area (Å²) >= 11 is 0. The first-order valence-electron chi connectivity index (χ1n) is 6.85. The zero-order valence-corrected chi connectivity index (χ0v) is 11.6. The molecular weight excluding hydrogens is 281 g/mol. The number of carboxylic acids is 1. The van der Waals surface area contributed by atoms with E-state index < -0.39 is 11.8 Å². The summed E-state index contributed by atoms with van der Waals surface area (Å²) < 4.78 is 14.4. The Labute approximate surface area is 127 Å². The summed E-state index contributed by atoms with van der Waals surface area (Å²) in [6.45, 7) is 7.02. The van der Waals surface area contributed by atoms with Crippen molar-refractivity contribution < 1.29 is 14.3 Å². The molecule has 0 spiro atoms. The average Bonchev–Trinajstić information content (AvgIpc) is 2.54. The minimum atomic E-state index is -1.01. The van der Waals surface area contributed by atoms with Crippen LogP contribution in [0, 0.1) is 12.4 Å². The SMILES string of the molecule is [C-]#[N+]c1cccc(C2=CCCc3ccc(C(=O)O)cc32)c1F. The summed E-state index contributed by atoms with van der Waals surface area (Å²) in [5, 5.41) is 9.15. The lowest BCUT2D eigenvalue weighted by Gasteiger charge is -2.19. The molecule has 0 amide bonds. The molecule has 2 aromatic carbocycles. The van der Waals surface area contributed by atoms with Crippen molar-refractivity contribution in [1.29, 1.82) is 0 Å². The Hall–Kier alpha value is -2.93. The molecule has 108 valence electrons. The first-order valence-corrected chi connectivity index (χ1v) is 6.85. The Bertz CT molecular complexity index is 847. The molecule has 0 aliphatic heterocycles. The van der Waals surface area contributed by atoms with Crippen molar-refractivity contribution in [3.63, 3.8) is 0 Å². The van der Waals surface area contributed by atoms with Gasteiger partial charge in [0, 0.05) is 5.56 Å². The van der Waals surface area contributed by atoms with E-state index in [1.54, 1.807) is 30.3 Å². The maximum atomic E-state index is 14.4. The molecule has 0 bridgehead atoms. The van der Waals surface area contributed by atoms with Crippen molar-refractivity contribution in [1.82, 2.24) is 0 Å². The highest BCUT2D eigenvalue weighted by atomic mass is 19.1. The maximum absolute atomic E-state index is 14.4. The van der Waals surface area contributed by atoms with Crippen LogP contribution in [0.1, 0.15) is 33.5 Å². The van der Waals surface area contributed by atoms with Gasteiger partial charge in [0.05, 0.1) is 12.1 Å². The molecule has 3 nitrogen and oxygen atoms in total. The van der Waals surface area contributed by atoms with Gasteiger partial charge in [-0.25, -0.2) is 14.0 Å². The third-order valence-corrected chi connectivity index (χ3v) is 3.80. The standard InChI is InChI=1S/C18H12FNO2/c1-20-16-7-3-6-14(17(16)19)13-5-2-4-11-8-9-12(18(21)22)10-15(11)13/h3,5-10H,2,4H2,(H,21,22). The highest BCUT2D eigenvalue weighted by Gasteiger charge is 2.20. The van der Waals surface area contributed by atoms with Gasteiger partial charge in [-0.2, -0.15) is 0 Å². The summed E-state index contributed by atoms with van der Waals surface area (Å²) in [7, 11) is 0. The first-order chi connectivity index (χ1) is 10.6. The van der Waals surface area contributed by atoms with Crippen molar-refractivity contribution in [3.05, 3.63) is 82.0 Å². The Morgan fingerprint density at radius 2 is 2.05 bits per heavy atom. The summed E-state index contributed by atoms with van der Waals surface area (Å²) in [5.41, 5.74) is 2.87. The molecule has 0 fully saturated rings. The van der Waals surface area contributed by atoms with Gasteiger partial charge in [0.1, 0.15) is 5.82 Å². The van der Waals surface area contributed by atoms with Crippen LogP contribution >= 0.6 is 0 Å². The van der Waals surface area contributed by atoms with E-state index in [9.17, 15) is 9.18 Å². The van der Waals surface area contributed by atoms with E-state index in [0.29, 0.717) is 11.1 Å². The predicted molar refractivity (Wildman–Crippen MR) is 81.5 cm³/mol. The van der Waals surface area contributed by atoms with Gasteiger partial charge in [0.25, 0.3) is 0 Å². The molecule has 0 aromatic heterocycles. The van der Waals surface area contributed by atoms with Crippen LogP contribution in [0.3, 0.4) is 0 Å². The molecule has 0 heterocycles. The van der Waals surface area contributed by atoms with E-state index in [-0.39, 0.29) is 11.3 Å². The molecule has 4 heteroatoms. The van der Waals surface area contributed by atoms with Crippen LogP contribution in [-0.4, -0.2) is 11.1 Å². The second-order valence-corrected chi connectivity index (χ2v) is 5.08. The number of fused-ring (bicyclic) bond motifs is 1. The van der Waals surface area contributed by atoms with Gasteiger partial charge in [-0.15, -0.1) is 0 Å². The lowest BCUT2D eigenvalue weighted by Crippen LogP contribution is -2.05. The normalized spacial score (nSPS) is 13.0. The topological polar surface area (TPSA) is 41.7 Å². The molecule has 0 atom stereocenters. The van der Waals surface area contributed by atoms with Gasteiger partial charge in [-0.05, 0) is 41.7 Å². The van der Waals surface area contributed by atoms with E-state index >= 15 is 0 Å². The minimum absolute atomic E-state index is 0.0279. The molecule has 1 aliphatic carbocycles. The largest absolute Gasteiger partial charge is 0.478 e. The zero-order chi connectivity index (χ0) is 15.7. The number of aryl methyl sites for hydroxylation is 1. The van der Waals surface area contributed by atoms with Gasteiger partial charge in [0.2, 0.25) is 5.69 Å². The Morgan fingerprint density at radius 3 is 2.77 bits per heavy atom. The maximum Gasteiger partial charge on any atom is 0.335 e. The quantitative estimate of drug-likeness (QED) is 0.831. The van der Waals surface area contributed by atoms with Crippen LogP contribution in [0.25, 0.3) is 10.4 Å².